The van der Waals surface area contributed by atoms with Crippen molar-refractivity contribution in [1.29, 1.82) is 0 Å². The zero-order valence-electron chi connectivity index (χ0n) is 10.1. The van der Waals surface area contributed by atoms with Crippen molar-refractivity contribution in [3.63, 3.8) is 0 Å². The first kappa shape index (κ1) is 14.7. The van der Waals surface area contributed by atoms with Gasteiger partial charge in [0.1, 0.15) is 5.82 Å². The minimum atomic E-state index is -0.278. The third kappa shape index (κ3) is 5.71. The third-order valence-electron chi connectivity index (χ3n) is 2.42. The van der Waals surface area contributed by atoms with Crippen molar-refractivity contribution in [3.05, 3.63) is 34.6 Å². The van der Waals surface area contributed by atoms with Gasteiger partial charge in [-0.25, -0.2) is 4.39 Å². The average molecular weight is 278 g/mol. The summed E-state index contributed by atoms with van der Waals surface area (Å²) in [4.78, 5) is 0. The topological polar surface area (TPSA) is 12.0 Å². The van der Waals surface area contributed by atoms with E-state index in [-0.39, 0.29) is 11.2 Å². The normalized spacial score (nSPS) is 13.1. The summed E-state index contributed by atoms with van der Waals surface area (Å²) in [6, 6.07) is 4.70. The molecule has 1 aromatic rings. The summed E-state index contributed by atoms with van der Waals surface area (Å²) in [5.41, 5.74) is 0.614. The van der Waals surface area contributed by atoms with E-state index >= 15 is 0 Å². The zero-order chi connectivity index (χ0) is 12.8. The molecule has 1 atom stereocenters. The standard InChI is InChI=1S/C13H18Cl2FN/c1-9(2)5-12(15)8-17-7-10-3-4-11(14)6-13(10)16/h3-4,6,9,12,17H,5,7-8H2,1-2H3. The van der Waals surface area contributed by atoms with Crippen molar-refractivity contribution in [2.75, 3.05) is 6.54 Å². The van der Waals surface area contributed by atoms with E-state index in [0.29, 0.717) is 29.6 Å². The first-order valence-electron chi connectivity index (χ1n) is 5.77. The highest BCUT2D eigenvalue weighted by Gasteiger charge is 2.08. The van der Waals surface area contributed by atoms with Gasteiger partial charge in [0.05, 0.1) is 0 Å². The van der Waals surface area contributed by atoms with Gasteiger partial charge in [-0.1, -0.05) is 31.5 Å². The van der Waals surface area contributed by atoms with E-state index in [2.05, 4.69) is 19.2 Å². The van der Waals surface area contributed by atoms with Crippen LogP contribution in [0.3, 0.4) is 0 Å². The molecule has 0 bridgehead atoms. The van der Waals surface area contributed by atoms with Crippen LogP contribution in [0.25, 0.3) is 0 Å². The highest BCUT2D eigenvalue weighted by atomic mass is 35.5. The summed E-state index contributed by atoms with van der Waals surface area (Å²) in [5.74, 6) is 0.298. The Morgan fingerprint density at radius 3 is 2.65 bits per heavy atom. The predicted molar refractivity (Wildman–Crippen MR) is 72.2 cm³/mol. The van der Waals surface area contributed by atoms with Gasteiger partial charge in [-0.15, -0.1) is 11.6 Å². The largest absolute Gasteiger partial charge is 0.311 e. The van der Waals surface area contributed by atoms with Crippen LogP contribution in [0.4, 0.5) is 4.39 Å². The SMILES string of the molecule is CC(C)CC(Cl)CNCc1ccc(Cl)cc1F. The molecule has 0 spiro atoms. The minimum absolute atomic E-state index is 0.0883. The zero-order valence-corrected chi connectivity index (χ0v) is 11.7. The van der Waals surface area contributed by atoms with Crippen molar-refractivity contribution in [1.82, 2.24) is 5.32 Å². The molecule has 17 heavy (non-hydrogen) atoms. The highest BCUT2D eigenvalue weighted by Crippen LogP contribution is 2.15. The molecule has 1 rings (SSSR count). The molecule has 0 aliphatic rings. The van der Waals surface area contributed by atoms with E-state index in [1.165, 1.54) is 6.07 Å². The van der Waals surface area contributed by atoms with Crippen LogP contribution in [0.1, 0.15) is 25.8 Å². The summed E-state index contributed by atoms with van der Waals surface area (Å²) in [7, 11) is 0. The van der Waals surface area contributed by atoms with Crippen molar-refractivity contribution >= 4 is 23.2 Å². The fourth-order valence-electron chi connectivity index (χ4n) is 1.62. The van der Waals surface area contributed by atoms with E-state index in [1.807, 2.05) is 0 Å². The number of nitrogens with one attached hydrogen (secondary N) is 1. The van der Waals surface area contributed by atoms with E-state index in [9.17, 15) is 4.39 Å². The summed E-state index contributed by atoms with van der Waals surface area (Å²) in [5, 5.41) is 3.66. The Morgan fingerprint density at radius 1 is 1.35 bits per heavy atom. The van der Waals surface area contributed by atoms with Crippen molar-refractivity contribution < 1.29 is 4.39 Å². The molecule has 0 aromatic heterocycles. The molecule has 1 nitrogen and oxygen atoms in total. The van der Waals surface area contributed by atoms with Crippen LogP contribution in [0.2, 0.25) is 5.02 Å². The molecule has 0 aliphatic carbocycles. The van der Waals surface area contributed by atoms with Gasteiger partial charge < -0.3 is 5.32 Å². The Balaban J connectivity index is 2.35. The lowest BCUT2D eigenvalue weighted by Crippen LogP contribution is -2.24. The Kier molecular flexibility index (Phi) is 6.24. The molecular formula is C13H18Cl2FN. The van der Waals surface area contributed by atoms with Crippen LogP contribution in [0, 0.1) is 11.7 Å². The maximum absolute atomic E-state index is 13.4. The first-order chi connectivity index (χ1) is 7.99. The van der Waals surface area contributed by atoms with Gasteiger partial charge in [-0.3, -0.25) is 0 Å². The maximum Gasteiger partial charge on any atom is 0.129 e. The van der Waals surface area contributed by atoms with Gasteiger partial charge in [-0.05, 0) is 24.5 Å². The number of rotatable bonds is 6. The monoisotopic (exact) mass is 277 g/mol. The molecule has 1 N–H and O–H groups in total. The van der Waals surface area contributed by atoms with Crippen LogP contribution >= 0.6 is 23.2 Å². The van der Waals surface area contributed by atoms with Gasteiger partial charge in [0, 0.05) is 29.1 Å². The third-order valence-corrected chi connectivity index (χ3v) is 2.99. The molecule has 96 valence electrons. The van der Waals surface area contributed by atoms with Crippen LogP contribution in [-0.4, -0.2) is 11.9 Å². The predicted octanol–water partition coefficient (Wildman–Crippen LogP) is 4.22. The Bertz CT molecular complexity index is 355. The lowest BCUT2D eigenvalue weighted by Gasteiger charge is -2.13. The summed E-state index contributed by atoms with van der Waals surface area (Å²) in [6.45, 7) is 5.43. The van der Waals surface area contributed by atoms with Crippen LogP contribution in [-0.2, 0) is 6.54 Å². The molecule has 0 amide bonds. The van der Waals surface area contributed by atoms with Crippen LogP contribution < -0.4 is 5.32 Å². The molecule has 4 heteroatoms. The average Bonchev–Trinajstić information content (AvgIpc) is 2.20. The summed E-state index contributed by atoms with van der Waals surface area (Å²) >= 11 is 11.8. The molecule has 0 saturated carbocycles. The quantitative estimate of drug-likeness (QED) is 0.768. The molecule has 0 heterocycles. The number of alkyl halides is 1. The molecule has 0 fully saturated rings. The van der Waals surface area contributed by atoms with Crippen molar-refractivity contribution in [2.24, 2.45) is 5.92 Å². The van der Waals surface area contributed by atoms with Crippen molar-refractivity contribution in [3.8, 4) is 0 Å². The van der Waals surface area contributed by atoms with E-state index in [1.54, 1.807) is 12.1 Å². The van der Waals surface area contributed by atoms with Gasteiger partial charge in [0.2, 0.25) is 0 Å². The van der Waals surface area contributed by atoms with E-state index in [4.69, 9.17) is 23.2 Å². The Morgan fingerprint density at radius 2 is 2.06 bits per heavy atom. The van der Waals surface area contributed by atoms with Gasteiger partial charge >= 0.3 is 0 Å². The fourth-order valence-corrected chi connectivity index (χ4v) is 2.25. The molecule has 0 aliphatic heterocycles. The van der Waals surface area contributed by atoms with E-state index < -0.39 is 0 Å². The number of hydrogen-bond donors (Lipinski definition) is 1. The molecule has 0 radical (unpaired) electrons. The second-order valence-electron chi connectivity index (χ2n) is 4.59. The fraction of sp³-hybridized carbons (Fsp3) is 0.538. The lowest BCUT2D eigenvalue weighted by molar-refractivity contribution is 0.526. The van der Waals surface area contributed by atoms with Gasteiger partial charge in [-0.2, -0.15) is 0 Å². The lowest BCUT2D eigenvalue weighted by atomic mass is 10.1. The Labute approximate surface area is 112 Å². The summed E-state index contributed by atoms with van der Waals surface area (Å²) < 4.78 is 13.4. The highest BCUT2D eigenvalue weighted by molar-refractivity contribution is 6.30. The maximum atomic E-state index is 13.4. The van der Waals surface area contributed by atoms with Gasteiger partial charge in [0.25, 0.3) is 0 Å². The summed E-state index contributed by atoms with van der Waals surface area (Å²) in [6.07, 6.45) is 0.956. The minimum Gasteiger partial charge on any atom is -0.311 e. The molecule has 0 saturated heterocycles. The second-order valence-corrected chi connectivity index (χ2v) is 5.65. The smallest absolute Gasteiger partial charge is 0.129 e. The first-order valence-corrected chi connectivity index (χ1v) is 6.59. The van der Waals surface area contributed by atoms with E-state index in [0.717, 1.165) is 6.42 Å². The number of hydrogen-bond acceptors (Lipinski definition) is 1. The molecule has 1 unspecified atom stereocenters. The van der Waals surface area contributed by atoms with Crippen LogP contribution in [0.15, 0.2) is 18.2 Å². The molecular weight excluding hydrogens is 260 g/mol. The number of benzene rings is 1. The second kappa shape index (κ2) is 7.20. The Hall–Kier alpha value is -0.310. The molecule has 1 aromatic carbocycles. The van der Waals surface area contributed by atoms with Crippen LogP contribution in [0.5, 0.6) is 0 Å². The van der Waals surface area contributed by atoms with Gasteiger partial charge in [0.15, 0.2) is 0 Å². The number of halogens is 3. The van der Waals surface area contributed by atoms with Crippen molar-refractivity contribution in [2.45, 2.75) is 32.2 Å².